The van der Waals surface area contributed by atoms with Crippen molar-refractivity contribution in [1.82, 2.24) is 5.32 Å². The third-order valence-corrected chi connectivity index (χ3v) is 2.37. The Morgan fingerprint density at radius 3 is 2.64 bits per heavy atom. The van der Waals surface area contributed by atoms with Crippen molar-refractivity contribution in [3.8, 4) is 6.07 Å². The van der Waals surface area contributed by atoms with E-state index in [4.69, 9.17) is 10.00 Å². The normalized spacial score (nSPS) is 17.1. The van der Waals surface area contributed by atoms with Crippen molar-refractivity contribution < 1.29 is 4.74 Å². The SMILES string of the molecule is CCCC(C)COCC(C)(C#N)NC. The zero-order valence-corrected chi connectivity index (χ0v) is 9.76. The fourth-order valence-electron chi connectivity index (χ4n) is 1.20. The summed E-state index contributed by atoms with van der Waals surface area (Å²) in [5, 5.41) is 11.8. The lowest BCUT2D eigenvalue weighted by atomic mass is 10.1. The van der Waals surface area contributed by atoms with Gasteiger partial charge < -0.3 is 10.1 Å². The van der Waals surface area contributed by atoms with Crippen molar-refractivity contribution >= 4 is 0 Å². The summed E-state index contributed by atoms with van der Waals surface area (Å²) in [6, 6.07) is 2.20. The van der Waals surface area contributed by atoms with Gasteiger partial charge in [-0.1, -0.05) is 20.3 Å². The van der Waals surface area contributed by atoms with E-state index in [1.54, 1.807) is 7.05 Å². The van der Waals surface area contributed by atoms with Crippen molar-refractivity contribution in [3.63, 3.8) is 0 Å². The van der Waals surface area contributed by atoms with Crippen molar-refractivity contribution in [1.29, 1.82) is 5.26 Å². The molecule has 2 unspecified atom stereocenters. The van der Waals surface area contributed by atoms with Gasteiger partial charge in [0.15, 0.2) is 0 Å². The highest BCUT2D eigenvalue weighted by Crippen LogP contribution is 2.07. The molecule has 3 nitrogen and oxygen atoms in total. The Hall–Kier alpha value is -0.590. The first kappa shape index (κ1) is 13.4. The number of ether oxygens (including phenoxy) is 1. The molecule has 1 N–H and O–H groups in total. The number of hydrogen-bond acceptors (Lipinski definition) is 3. The molecule has 0 aromatic rings. The summed E-state index contributed by atoms with van der Waals surface area (Å²) in [4.78, 5) is 0. The predicted octanol–water partition coefficient (Wildman–Crippen LogP) is 1.94. The van der Waals surface area contributed by atoms with Crippen molar-refractivity contribution in [3.05, 3.63) is 0 Å². The first-order chi connectivity index (χ1) is 6.58. The number of nitrogens with zero attached hydrogens (tertiary/aromatic N) is 1. The summed E-state index contributed by atoms with van der Waals surface area (Å²) in [7, 11) is 1.78. The molecule has 0 spiro atoms. The molecule has 0 fully saturated rings. The largest absolute Gasteiger partial charge is 0.378 e. The minimum Gasteiger partial charge on any atom is -0.378 e. The van der Waals surface area contributed by atoms with Gasteiger partial charge in [-0.3, -0.25) is 0 Å². The lowest BCUT2D eigenvalue weighted by Gasteiger charge is -2.21. The van der Waals surface area contributed by atoms with Crippen LogP contribution in [0.2, 0.25) is 0 Å². The molecule has 0 radical (unpaired) electrons. The van der Waals surface area contributed by atoms with Crippen LogP contribution >= 0.6 is 0 Å². The number of nitrogens with one attached hydrogen (secondary N) is 1. The minimum atomic E-state index is -0.550. The third kappa shape index (κ3) is 5.21. The van der Waals surface area contributed by atoms with E-state index in [1.807, 2.05) is 6.92 Å². The molecule has 0 aliphatic carbocycles. The van der Waals surface area contributed by atoms with Gasteiger partial charge in [0, 0.05) is 6.61 Å². The lowest BCUT2D eigenvalue weighted by molar-refractivity contribution is 0.0724. The average molecular weight is 198 g/mol. The zero-order chi connectivity index (χ0) is 11.0. The van der Waals surface area contributed by atoms with Crippen LogP contribution in [0.5, 0.6) is 0 Å². The molecular weight excluding hydrogens is 176 g/mol. The Labute approximate surface area is 87.4 Å². The highest BCUT2D eigenvalue weighted by Gasteiger charge is 2.21. The van der Waals surface area contributed by atoms with E-state index in [1.165, 1.54) is 12.8 Å². The van der Waals surface area contributed by atoms with Gasteiger partial charge in [0.05, 0.1) is 12.7 Å². The van der Waals surface area contributed by atoms with Crippen LogP contribution in [0.15, 0.2) is 0 Å². The lowest BCUT2D eigenvalue weighted by Crippen LogP contribution is -2.43. The maximum absolute atomic E-state index is 8.86. The Morgan fingerprint density at radius 1 is 1.57 bits per heavy atom. The molecule has 0 amide bonds. The summed E-state index contributed by atoms with van der Waals surface area (Å²) in [6.45, 7) is 7.38. The standard InChI is InChI=1S/C11H22N2O/c1-5-6-10(2)7-14-9-11(3,8-12)13-4/h10,13H,5-7,9H2,1-4H3. The van der Waals surface area contributed by atoms with Crippen LogP contribution in [0, 0.1) is 17.2 Å². The molecule has 2 atom stereocenters. The van der Waals surface area contributed by atoms with Crippen LogP contribution in [0.1, 0.15) is 33.6 Å². The minimum absolute atomic E-state index is 0.452. The van der Waals surface area contributed by atoms with Crippen molar-refractivity contribution in [2.45, 2.75) is 39.2 Å². The Kier molecular flexibility index (Phi) is 6.52. The smallest absolute Gasteiger partial charge is 0.127 e. The molecule has 0 aliphatic heterocycles. The van der Waals surface area contributed by atoms with Crippen molar-refractivity contribution in [2.24, 2.45) is 5.92 Å². The van der Waals surface area contributed by atoms with E-state index >= 15 is 0 Å². The summed E-state index contributed by atoms with van der Waals surface area (Å²) in [5.74, 6) is 0.583. The predicted molar refractivity (Wildman–Crippen MR) is 58.0 cm³/mol. The first-order valence-corrected chi connectivity index (χ1v) is 5.26. The quantitative estimate of drug-likeness (QED) is 0.680. The van der Waals surface area contributed by atoms with Gasteiger partial charge in [-0.15, -0.1) is 0 Å². The van der Waals surface area contributed by atoms with Gasteiger partial charge in [-0.2, -0.15) is 5.26 Å². The number of likely N-dealkylation sites (N-methyl/N-ethyl adjacent to an activating group) is 1. The molecule has 0 aromatic heterocycles. The fraction of sp³-hybridized carbons (Fsp3) is 0.909. The molecule has 0 bridgehead atoms. The number of hydrogen-bond donors (Lipinski definition) is 1. The topological polar surface area (TPSA) is 45.0 Å². The van der Waals surface area contributed by atoms with Crippen molar-refractivity contribution in [2.75, 3.05) is 20.3 Å². The monoisotopic (exact) mass is 198 g/mol. The van der Waals surface area contributed by atoms with E-state index in [0.717, 1.165) is 6.61 Å². The molecule has 14 heavy (non-hydrogen) atoms. The van der Waals surface area contributed by atoms with Crippen LogP contribution in [-0.2, 0) is 4.74 Å². The van der Waals surface area contributed by atoms with Crippen LogP contribution in [0.25, 0.3) is 0 Å². The van der Waals surface area contributed by atoms with Crippen LogP contribution < -0.4 is 5.32 Å². The van der Waals surface area contributed by atoms with Gasteiger partial charge in [0.25, 0.3) is 0 Å². The summed E-state index contributed by atoms with van der Waals surface area (Å²) in [5.41, 5.74) is -0.550. The number of nitriles is 1. The molecule has 0 aromatic carbocycles. The van der Waals surface area contributed by atoms with E-state index in [2.05, 4.69) is 25.2 Å². The Balaban J connectivity index is 3.68. The molecule has 3 heteroatoms. The highest BCUT2D eigenvalue weighted by atomic mass is 16.5. The second kappa shape index (κ2) is 6.80. The van der Waals surface area contributed by atoms with Crippen LogP contribution in [0.3, 0.4) is 0 Å². The Bertz CT molecular complexity index is 188. The van der Waals surface area contributed by atoms with Gasteiger partial charge in [0.1, 0.15) is 5.54 Å². The van der Waals surface area contributed by atoms with Crippen LogP contribution in [-0.4, -0.2) is 25.8 Å². The van der Waals surface area contributed by atoms with E-state index < -0.39 is 5.54 Å². The third-order valence-electron chi connectivity index (χ3n) is 2.37. The summed E-state index contributed by atoms with van der Waals surface area (Å²) < 4.78 is 5.51. The molecule has 0 aliphatic rings. The molecular formula is C11H22N2O. The molecule has 0 rings (SSSR count). The van der Waals surface area contributed by atoms with E-state index in [-0.39, 0.29) is 0 Å². The molecule has 0 saturated heterocycles. The molecule has 82 valence electrons. The van der Waals surface area contributed by atoms with Crippen LogP contribution in [0.4, 0.5) is 0 Å². The maximum Gasteiger partial charge on any atom is 0.127 e. The second-order valence-electron chi connectivity index (χ2n) is 4.10. The molecule has 0 heterocycles. The van der Waals surface area contributed by atoms with Gasteiger partial charge >= 0.3 is 0 Å². The van der Waals surface area contributed by atoms with Gasteiger partial charge in [-0.05, 0) is 26.3 Å². The van der Waals surface area contributed by atoms with Gasteiger partial charge in [0.2, 0.25) is 0 Å². The second-order valence-corrected chi connectivity index (χ2v) is 4.10. The van der Waals surface area contributed by atoms with E-state index in [0.29, 0.717) is 12.5 Å². The highest BCUT2D eigenvalue weighted by molar-refractivity contribution is 5.02. The molecule has 0 saturated carbocycles. The Morgan fingerprint density at radius 2 is 2.21 bits per heavy atom. The summed E-state index contributed by atoms with van der Waals surface area (Å²) in [6.07, 6.45) is 2.37. The first-order valence-electron chi connectivity index (χ1n) is 5.26. The fourth-order valence-corrected chi connectivity index (χ4v) is 1.20. The zero-order valence-electron chi connectivity index (χ0n) is 9.76. The van der Waals surface area contributed by atoms with E-state index in [9.17, 15) is 0 Å². The van der Waals surface area contributed by atoms with Gasteiger partial charge in [-0.25, -0.2) is 0 Å². The maximum atomic E-state index is 8.86. The average Bonchev–Trinajstić information content (AvgIpc) is 2.18. The number of rotatable bonds is 7. The summed E-state index contributed by atoms with van der Waals surface area (Å²) >= 11 is 0.